The molecule has 0 unspecified atom stereocenters. The third kappa shape index (κ3) is 4.90. The Morgan fingerprint density at radius 1 is 1.05 bits per heavy atom. The van der Waals surface area contributed by atoms with Gasteiger partial charge in [0.25, 0.3) is 5.56 Å². The Kier molecular flexibility index (Phi) is 6.85. The van der Waals surface area contributed by atoms with Crippen molar-refractivity contribution in [2.75, 3.05) is 38.2 Å². The molecular weight excluding hydrogens is 494 g/mol. The number of aryl methyl sites for hydroxylation is 1. The van der Waals surface area contributed by atoms with Gasteiger partial charge in [-0.3, -0.25) is 9.69 Å². The van der Waals surface area contributed by atoms with Crippen molar-refractivity contribution in [3.05, 3.63) is 100.0 Å². The number of ether oxygens (including phenoxy) is 1. The van der Waals surface area contributed by atoms with Crippen LogP contribution in [0.15, 0.2) is 76.1 Å². The summed E-state index contributed by atoms with van der Waals surface area (Å²) in [5.41, 5.74) is 3.57. The van der Waals surface area contributed by atoms with Gasteiger partial charge in [0.1, 0.15) is 24.1 Å². The molecule has 10 nitrogen and oxygen atoms in total. The van der Waals surface area contributed by atoms with E-state index in [9.17, 15) is 4.79 Å². The van der Waals surface area contributed by atoms with E-state index in [4.69, 9.17) is 9.15 Å². The summed E-state index contributed by atoms with van der Waals surface area (Å²) >= 11 is 0. The maximum absolute atomic E-state index is 13.6. The van der Waals surface area contributed by atoms with Gasteiger partial charge in [-0.2, -0.15) is 0 Å². The Hall–Kier alpha value is -4.44. The topological polar surface area (TPSA) is 105 Å². The van der Waals surface area contributed by atoms with E-state index in [-0.39, 0.29) is 5.56 Å². The van der Waals surface area contributed by atoms with Crippen molar-refractivity contribution in [2.24, 2.45) is 0 Å². The lowest BCUT2D eigenvalue weighted by atomic mass is 10.0. The number of rotatable bonds is 8. The summed E-state index contributed by atoms with van der Waals surface area (Å²) in [5.74, 6) is 2.19. The Bertz CT molecular complexity index is 1620. The number of hydrogen-bond acceptors (Lipinski definition) is 8. The largest absolute Gasteiger partial charge is 0.495 e. The number of para-hydroxylation sites is 2. The number of aromatic amines is 1. The molecule has 39 heavy (non-hydrogen) atoms. The third-order valence-electron chi connectivity index (χ3n) is 7.44. The molecule has 0 spiro atoms. The Morgan fingerprint density at radius 2 is 1.90 bits per heavy atom. The molecule has 6 rings (SSSR count). The molecule has 3 aromatic heterocycles. The van der Waals surface area contributed by atoms with Crippen LogP contribution in [-0.4, -0.2) is 63.4 Å². The van der Waals surface area contributed by atoms with Crippen LogP contribution < -0.4 is 15.2 Å². The Morgan fingerprint density at radius 3 is 2.67 bits per heavy atom. The second kappa shape index (κ2) is 10.7. The summed E-state index contributed by atoms with van der Waals surface area (Å²) in [4.78, 5) is 21.3. The molecule has 1 fully saturated rings. The first-order valence-corrected chi connectivity index (χ1v) is 13.2. The van der Waals surface area contributed by atoms with Gasteiger partial charge in [0.15, 0.2) is 5.82 Å². The normalized spacial score (nSPS) is 15.1. The first-order valence-electron chi connectivity index (χ1n) is 13.2. The summed E-state index contributed by atoms with van der Waals surface area (Å²) in [7, 11) is 1.69. The lowest BCUT2D eigenvalue weighted by Crippen LogP contribution is -2.49. The molecule has 1 N–H and O–H groups in total. The molecule has 4 heterocycles. The number of methoxy groups -OCH3 is 1. The van der Waals surface area contributed by atoms with Gasteiger partial charge >= 0.3 is 0 Å². The molecule has 0 saturated carbocycles. The van der Waals surface area contributed by atoms with Crippen molar-refractivity contribution in [1.29, 1.82) is 0 Å². The lowest BCUT2D eigenvalue weighted by Gasteiger charge is -2.40. The minimum absolute atomic E-state index is 0.142. The van der Waals surface area contributed by atoms with Gasteiger partial charge in [0.2, 0.25) is 0 Å². The number of anilines is 1. The van der Waals surface area contributed by atoms with Gasteiger partial charge in [0, 0.05) is 37.3 Å². The fraction of sp³-hybridized carbons (Fsp3) is 0.310. The molecule has 2 aromatic carbocycles. The summed E-state index contributed by atoms with van der Waals surface area (Å²) < 4.78 is 12.9. The molecule has 0 aliphatic carbocycles. The van der Waals surface area contributed by atoms with E-state index in [1.54, 1.807) is 18.1 Å². The molecule has 1 saturated heterocycles. The van der Waals surface area contributed by atoms with Gasteiger partial charge in [-0.25, -0.2) is 4.68 Å². The van der Waals surface area contributed by atoms with Crippen molar-refractivity contribution in [1.82, 2.24) is 30.1 Å². The smallest absolute Gasteiger partial charge is 0.253 e. The van der Waals surface area contributed by atoms with E-state index in [2.05, 4.69) is 55.4 Å². The summed E-state index contributed by atoms with van der Waals surface area (Å²) in [6.07, 6.45) is 2.55. The molecule has 0 amide bonds. The van der Waals surface area contributed by atoms with Crippen LogP contribution in [-0.2, 0) is 13.0 Å². The van der Waals surface area contributed by atoms with Crippen molar-refractivity contribution in [2.45, 2.75) is 25.9 Å². The van der Waals surface area contributed by atoms with Crippen LogP contribution >= 0.6 is 0 Å². The first-order chi connectivity index (χ1) is 19.1. The first kappa shape index (κ1) is 24.9. The van der Waals surface area contributed by atoms with Crippen LogP contribution in [0.5, 0.6) is 5.75 Å². The standard InChI is InChI=1S/C29H31N7O3/c1-3-20-10-11-24-21(17-20)18-23(29(37)30-24)27(28-31-32-33-36(28)19-22-7-6-16-39-22)35-14-12-34(13-15-35)25-8-4-5-9-26(25)38-2/h4-11,16-18,27H,3,12-15,19H2,1-2H3,(H,30,37)/t27-/m1/s1. The van der Waals surface area contributed by atoms with Crippen LogP contribution in [0.25, 0.3) is 10.9 Å². The number of furan rings is 1. The van der Waals surface area contributed by atoms with E-state index < -0.39 is 6.04 Å². The van der Waals surface area contributed by atoms with Crippen LogP contribution in [0.4, 0.5) is 5.69 Å². The van der Waals surface area contributed by atoms with E-state index in [1.165, 1.54) is 5.56 Å². The van der Waals surface area contributed by atoms with Crippen LogP contribution in [0, 0.1) is 0 Å². The number of tetrazole rings is 1. The SMILES string of the molecule is CCc1ccc2[nH]c(=O)c([C@H](c3nnnn3Cc3ccco3)N3CCN(c4ccccc4OC)CC3)cc2c1. The average Bonchev–Trinajstić information content (AvgIpc) is 3.66. The van der Waals surface area contributed by atoms with Gasteiger partial charge in [-0.15, -0.1) is 5.10 Å². The Balaban J connectivity index is 1.39. The van der Waals surface area contributed by atoms with Crippen molar-refractivity contribution in [3.63, 3.8) is 0 Å². The zero-order valence-corrected chi connectivity index (χ0v) is 22.1. The Labute approximate surface area is 225 Å². The maximum Gasteiger partial charge on any atom is 0.253 e. The molecule has 0 radical (unpaired) electrons. The molecular formula is C29H31N7O3. The number of nitrogens with one attached hydrogen (secondary N) is 1. The monoisotopic (exact) mass is 525 g/mol. The lowest BCUT2D eigenvalue weighted by molar-refractivity contribution is 0.199. The highest BCUT2D eigenvalue weighted by molar-refractivity contribution is 5.80. The van der Waals surface area contributed by atoms with Crippen LogP contribution in [0.3, 0.4) is 0 Å². The van der Waals surface area contributed by atoms with Gasteiger partial charge in [-0.05, 0) is 70.3 Å². The number of nitrogens with zero attached hydrogens (tertiary/aromatic N) is 6. The van der Waals surface area contributed by atoms with Gasteiger partial charge in [-0.1, -0.05) is 25.1 Å². The van der Waals surface area contributed by atoms with Crippen molar-refractivity contribution < 1.29 is 9.15 Å². The minimum atomic E-state index is -0.437. The van der Waals surface area contributed by atoms with E-state index in [0.29, 0.717) is 31.0 Å². The number of hydrogen-bond donors (Lipinski definition) is 1. The molecule has 1 aliphatic heterocycles. The number of fused-ring (bicyclic) bond motifs is 1. The average molecular weight is 526 g/mol. The highest BCUT2D eigenvalue weighted by Gasteiger charge is 2.33. The summed E-state index contributed by atoms with van der Waals surface area (Å²) in [6.45, 7) is 5.45. The zero-order valence-electron chi connectivity index (χ0n) is 22.1. The minimum Gasteiger partial charge on any atom is -0.495 e. The van der Waals surface area contributed by atoms with E-state index >= 15 is 0 Å². The zero-order chi connectivity index (χ0) is 26.8. The predicted octanol–water partition coefficient (Wildman–Crippen LogP) is 3.64. The molecule has 1 atom stereocenters. The highest BCUT2D eigenvalue weighted by atomic mass is 16.5. The van der Waals surface area contributed by atoms with Crippen LogP contribution in [0.2, 0.25) is 0 Å². The van der Waals surface area contributed by atoms with E-state index in [0.717, 1.165) is 47.6 Å². The quantitative estimate of drug-likeness (QED) is 0.327. The summed E-state index contributed by atoms with van der Waals surface area (Å²) in [6, 6.07) is 19.5. The fourth-order valence-electron chi connectivity index (χ4n) is 5.38. The third-order valence-corrected chi connectivity index (χ3v) is 7.44. The number of H-pyrrole nitrogens is 1. The van der Waals surface area contributed by atoms with Gasteiger partial charge < -0.3 is 19.0 Å². The molecule has 200 valence electrons. The molecule has 1 aliphatic rings. The number of piperazine rings is 1. The molecule has 5 aromatic rings. The number of benzene rings is 2. The van der Waals surface area contributed by atoms with Crippen molar-refractivity contribution in [3.8, 4) is 5.75 Å². The summed E-state index contributed by atoms with van der Waals surface area (Å²) in [5, 5.41) is 13.7. The highest BCUT2D eigenvalue weighted by Crippen LogP contribution is 2.32. The number of aromatic nitrogens is 5. The van der Waals surface area contributed by atoms with Crippen LogP contribution in [0.1, 0.15) is 35.7 Å². The molecule has 0 bridgehead atoms. The second-order valence-corrected chi connectivity index (χ2v) is 9.70. The predicted molar refractivity (Wildman–Crippen MR) is 148 cm³/mol. The van der Waals surface area contributed by atoms with E-state index in [1.807, 2.05) is 42.5 Å². The fourth-order valence-corrected chi connectivity index (χ4v) is 5.38. The maximum atomic E-state index is 13.6. The number of pyridine rings is 1. The van der Waals surface area contributed by atoms with Gasteiger partial charge in [0.05, 0.1) is 19.1 Å². The second-order valence-electron chi connectivity index (χ2n) is 9.70. The molecule has 10 heteroatoms. The van der Waals surface area contributed by atoms with Crippen molar-refractivity contribution >= 4 is 16.6 Å².